The second-order valence-corrected chi connectivity index (χ2v) is 13.8. The molecule has 1 heterocycles. The van der Waals surface area contributed by atoms with Crippen molar-refractivity contribution in [2.75, 3.05) is 0 Å². The van der Waals surface area contributed by atoms with E-state index in [2.05, 4.69) is 200 Å². The Morgan fingerprint density at radius 3 is 1.75 bits per heavy atom. The minimum Gasteiger partial charge on any atom is -0.296 e. The summed E-state index contributed by atoms with van der Waals surface area (Å²) in [6.07, 6.45) is 0.858. The predicted molar refractivity (Wildman–Crippen MR) is 225 cm³/mol. The Labute approximate surface area is 309 Å². The molecule has 0 saturated heterocycles. The summed E-state index contributed by atoms with van der Waals surface area (Å²) in [6.45, 7) is 2.18. The Bertz CT molecular complexity index is 2950. The summed E-state index contributed by atoms with van der Waals surface area (Å²) in [7, 11) is 0. The Hall–Kier alpha value is -6.77. The molecule has 0 amide bonds. The topological polar surface area (TPSA) is 17.8 Å². The fourth-order valence-corrected chi connectivity index (χ4v) is 8.27. The third-order valence-corrected chi connectivity index (χ3v) is 10.8. The Morgan fingerprint density at radius 1 is 0.415 bits per heavy atom. The van der Waals surface area contributed by atoms with Crippen LogP contribution in [0.5, 0.6) is 0 Å². The van der Waals surface area contributed by atoms with Gasteiger partial charge in [-0.1, -0.05) is 165 Å². The number of benzene rings is 9. The first kappa shape index (κ1) is 31.0. The minimum atomic E-state index is 0.858. The molecular formula is C51H36N2. The van der Waals surface area contributed by atoms with Crippen molar-refractivity contribution in [3.8, 4) is 50.2 Å². The number of hydrogen-bond donors (Lipinski definition) is 0. The van der Waals surface area contributed by atoms with Crippen LogP contribution in [0.4, 0.5) is 0 Å². The van der Waals surface area contributed by atoms with Crippen LogP contribution >= 0.6 is 0 Å². The third-order valence-electron chi connectivity index (χ3n) is 10.8. The lowest BCUT2D eigenvalue weighted by Crippen LogP contribution is -2.00. The van der Waals surface area contributed by atoms with E-state index < -0.39 is 0 Å². The Balaban J connectivity index is 1.22. The zero-order chi connectivity index (χ0) is 35.3. The van der Waals surface area contributed by atoms with Gasteiger partial charge in [0.15, 0.2) is 0 Å². The molecule has 2 nitrogen and oxygen atoms in total. The maximum atomic E-state index is 4.95. The number of imidazole rings is 1. The van der Waals surface area contributed by atoms with Gasteiger partial charge in [0, 0.05) is 12.1 Å². The van der Waals surface area contributed by atoms with Crippen LogP contribution < -0.4 is 0 Å². The van der Waals surface area contributed by atoms with Crippen molar-refractivity contribution in [3.05, 3.63) is 194 Å². The SMILES string of the molecule is CCc1nc2ccccc2n1-c1ccc(-c2c3ccccc3c(-c3cccc4ccccc34)c3ccc(-c4ccc(-c5ccccc5)cc4)cc23)cc1. The van der Waals surface area contributed by atoms with Crippen molar-refractivity contribution in [2.24, 2.45) is 0 Å². The molecule has 0 aliphatic rings. The van der Waals surface area contributed by atoms with Crippen LogP contribution in [-0.4, -0.2) is 9.55 Å². The number of hydrogen-bond acceptors (Lipinski definition) is 1. The number of aryl methyl sites for hydroxylation is 1. The van der Waals surface area contributed by atoms with E-state index in [1.807, 2.05) is 0 Å². The summed E-state index contributed by atoms with van der Waals surface area (Å²) in [6, 6.07) is 68.5. The van der Waals surface area contributed by atoms with E-state index in [0.29, 0.717) is 0 Å². The van der Waals surface area contributed by atoms with E-state index in [4.69, 9.17) is 4.98 Å². The van der Waals surface area contributed by atoms with Gasteiger partial charge in [0.1, 0.15) is 5.82 Å². The second-order valence-electron chi connectivity index (χ2n) is 13.8. The molecule has 0 radical (unpaired) electrons. The molecule has 0 N–H and O–H groups in total. The van der Waals surface area contributed by atoms with E-state index in [9.17, 15) is 0 Å². The standard InChI is InChI=1S/C51H36N2/c1-2-49-52-47-21-10-11-22-48(47)53(49)40-30-27-38(28-31-40)50-43-18-8-9-19-44(43)51(42-20-12-16-37-15-6-7-17-41(37)42)45-32-29-39(33-46(45)50)36-25-23-35(24-26-36)34-13-4-3-5-14-34/h3-33H,2H2,1H3. The minimum absolute atomic E-state index is 0.858. The average molecular weight is 677 g/mol. The lowest BCUT2D eigenvalue weighted by molar-refractivity contribution is 0.908. The largest absolute Gasteiger partial charge is 0.296 e. The van der Waals surface area contributed by atoms with Gasteiger partial charge < -0.3 is 0 Å². The molecule has 1 aromatic heterocycles. The van der Waals surface area contributed by atoms with Gasteiger partial charge in [0.05, 0.1) is 11.0 Å². The van der Waals surface area contributed by atoms with Gasteiger partial charge in [-0.25, -0.2) is 4.98 Å². The Kier molecular flexibility index (Phi) is 7.47. The highest BCUT2D eigenvalue weighted by molar-refractivity contribution is 6.24. The van der Waals surface area contributed by atoms with Gasteiger partial charge in [0.25, 0.3) is 0 Å². The molecule has 53 heavy (non-hydrogen) atoms. The van der Waals surface area contributed by atoms with Gasteiger partial charge >= 0.3 is 0 Å². The van der Waals surface area contributed by atoms with Crippen molar-refractivity contribution < 1.29 is 0 Å². The van der Waals surface area contributed by atoms with E-state index in [-0.39, 0.29) is 0 Å². The molecule has 0 aliphatic heterocycles. The van der Waals surface area contributed by atoms with Gasteiger partial charge in [-0.15, -0.1) is 0 Å². The van der Waals surface area contributed by atoms with Crippen molar-refractivity contribution in [2.45, 2.75) is 13.3 Å². The highest BCUT2D eigenvalue weighted by Gasteiger charge is 2.19. The van der Waals surface area contributed by atoms with Crippen LogP contribution in [0, 0.1) is 0 Å². The first-order valence-corrected chi connectivity index (χ1v) is 18.4. The molecule has 2 heteroatoms. The maximum Gasteiger partial charge on any atom is 0.114 e. The number of rotatable bonds is 6. The van der Waals surface area contributed by atoms with Gasteiger partial charge in [-0.2, -0.15) is 0 Å². The molecule has 0 bridgehead atoms. The molecule has 0 saturated carbocycles. The van der Waals surface area contributed by atoms with Crippen LogP contribution in [-0.2, 0) is 6.42 Å². The molecule has 0 spiro atoms. The zero-order valence-electron chi connectivity index (χ0n) is 29.5. The third kappa shape index (κ3) is 5.22. The van der Waals surface area contributed by atoms with Crippen molar-refractivity contribution in [1.29, 1.82) is 0 Å². The number of fused-ring (bicyclic) bond motifs is 4. The zero-order valence-corrected chi connectivity index (χ0v) is 29.5. The molecular weight excluding hydrogens is 641 g/mol. The molecule has 0 unspecified atom stereocenters. The number of para-hydroxylation sites is 2. The summed E-state index contributed by atoms with van der Waals surface area (Å²) in [5.74, 6) is 1.07. The summed E-state index contributed by atoms with van der Waals surface area (Å²) >= 11 is 0. The molecule has 10 rings (SSSR count). The Morgan fingerprint density at radius 2 is 0.981 bits per heavy atom. The maximum absolute atomic E-state index is 4.95. The van der Waals surface area contributed by atoms with Gasteiger partial charge in [-0.3, -0.25) is 4.57 Å². The van der Waals surface area contributed by atoms with Crippen LogP contribution in [0.25, 0.3) is 93.5 Å². The smallest absolute Gasteiger partial charge is 0.114 e. The summed E-state index contributed by atoms with van der Waals surface area (Å²) in [5.41, 5.74) is 13.1. The predicted octanol–water partition coefficient (Wildman–Crippen LogP) is 13.7. The first-order chi connectivity index (χ1) is 26.2. The number of nitrogens with zero attached hydrogens (tertiary/aromatic N) is 2. The number of aromatic nitrogens is 2. The van der Waals surface area contributed by atoms with Crippen molar-refractivity contribution in [3.63, 3.8) is 0 Å². The summed E-state index contributed by atoms with van der Waals surface area (Å²) in [4.78, 5) is 4.95. The molecule has 10 aromatic rings. The normalized spacial score (nSPS) is 11.6. The summed E-state index contributed by atoms with van der Waals surface area (Å²) in [5, 5.41) is 7.50. The average Bonchev–Trinajstić information content (AvgIpc) is 3.62. The fourth-order valence-electron chi connectivity index (χ4n) is 8.27. The lowest BCUT2D eigenvalue weighted by atomic mass is 9.83. The summed E-state index contributed by atoms with van der Waals surface area (Å²) < 4.78 is 2.30. The van der Waals surface area contributed by atoms with E-state index >= 15 is 0 Å². The lowest BCUT2D eigenvalue weighted by Gasteiger charge is -2.20. The van der Waals surface area contributed by atoms with Crippen molar-refractivity contribution in [1.82, 2.24) is 9.55 Å². The highest BCUT2D eigenvalue weighted by atomic mass is 15.1. The quantitative estimate of drug-likeness (QED) is 0.160. The van der Waals surface area contributed by atoms with Crippen LogP contribution in [0.1, 0.15) is 12.7 Å². The molecule has 0 atom stereocenters. The molecule has 0 fully saturated rings. The second kappa shape index (κ2) is 12.8. The van der Waals surface area contributed by atoms with Crippen LogP contribution in [0.2, 0.25) is 0 Å². The van der Waals surface area contributed by atoms with Crippen LogP contribution in [0.15, 0.2) is 188 Å². The fraction of sp³-hybridized carbons (Fsp3) is 0.0392. The van der Waals surface area contributed by atoms with Gasteiger partial charge in [0.2, 0.25) is 0 Å². The van der Waals surface area contributed by atoms with E-state index in [0.717, 1.165) is 29.0 Å². The van der Waals surface area contributed by atoms with E-state index in [1.165, 1.54) is 76.8 Å². The first-order valence-electron chi connectivity index (χ1n) is 18.4. The van der Waals surface area contributed by atoms with E-state index in [1.54, 1.807) is 0 Å². The molecule has 250 valence electrons. The molecule has 0 aliphatic carbocycles. The monoisotopic (exact) mass is 676 g/mol. The van der Waals surface area contributed by atoms with Crippen LogP contribution in [0.3, 0.4) is 0 Å². The van der Waals surface area contributed by atoms with Gasteiger partial charge in [-0.05, 0) is 107 Å². The van der Waals surface area contributed by atoms with Crippen molar-refractivity contribution >= 4 is 43.4 Å². The molecule has 9 aromatic carbocycles. The highest BCUT2D eigenvalue weighted by Crippen LogP contribution is 2.46.